The van der Waals surface area contributed by atoms with Gasteiger partial charge in [-0.15, -0.1) is 0 Å². The third-order valence-electron chi connectivity index (χ3n) is 2.96. The van der Waals surface area contributed by atoms with Crippen molar-refractivity contribution in [3.8, 4) is 5.75 Å². The van der Waals surface area contributed by atoms with Crippen LogP contribution in [0, 0.1) is 0 Å². The summed E-state index contributed by atoms with van der Waals surface area (Å²) in [5.41, 5.74) is -0.636. The number of carbonyl (C=O) groups is 1. The predicted molar refractivity (Wildman–Crippen MR) is 82.0 cm³/mol. The van der Waals surface area contributed by atoms with Gasteiger partial charge in [-0.3, -0.25) is 4.79 Å². The van der Waals surface area contributed by atoms with Crippen LogP contribution in [-0.4, -0.2) is 12.5 Å². The molecule has 7 heteroatoms. The van der Waals surface area contributed by atoms with Gasteiger partial charge in [0, 0.05) is 10.6 Å². The fraction of sp³-hybridized carbons (Fsp3) is 0.188. The van der Waals surface area contributed by atoms with Gasteiger partial charge in [-0.05, 0) is 49.4 Å². The van der Waals surface area contributed by atoms with E-state index in [1.807, 2.05) is 0 Å². The van der Waals surface area contributed by atoms with Crippen molar-refractivity contribution in [2.24, 2.45) is 0 Å². The summed E-state index contributed by atoms with van der Waals surface area (Å²) < 4.78 is 43.7. The van der Waals surface area contributed by atoms with E-state index in [1.165, 1.54) is 30.3 Å². The van der Waals surface area contributed by atoms with Crippen molar-refractivity contribution in [3.05, 3.63) is 58.6 Å². The highest BCUT2D eigenvalue weighted by atomic mass is 35.5. The van der Waals surface area contributed by atoms with Gasteiger partial charge >= 0.3 is 6.18 Å². The highest BCUT2D eigenvalue weighted by molar-refractivity contribution is 6.30. The van der Waals surface area contributed by atoms with Crippen LogP contribution in [0.4, 0.5) is 18.9 Å². The summed E-state index contributed by atoms with van der Waals surface area (Å²) in [6, 6.07) is 8.93. The van der Waals surface area contributed by atoms with E-state index >= 15 is 0 Å². The quantitative estimate of drug-likeness (QED) is 0.847. The van der Waals surface area contributed by atoms with Gasteiger partial charge in [-0.25, -0.2) is 0 Å². The van der Waals surface area contributed by atoms with Crippen molar-refractivity contribution in [3.63, 3.8) is 0 Å². The molecule has 0 aromatic heterocycles. The summed E-state index contributed by atoms with van der Waals surface area (Å²) in [5, 5.41) is 2.89. The number of amides is 1. The zero-order valence-electron chi connectivity index (χ0n) is 12.1. The number of hydrogen-bond acceptors (Lipinski definition) is 2. The summed E-state index contributed by atoms with van der Waals surface area (Å²) in [4.78, 5) is 12.2. The first-order valence-electron chi connectivity index (χ1n) is 6.72. The molecule has 0 saturated heterocycles. The number of carbonyl (C=O) groups excluding carboxylic acids is 1. The van der Waals surface area contributed by atoms with Gasteiger partial charge in [0.2, 0.25) is 0 Å². The molecule has 0 aliphatic carbocycles. The van der Waals surface area contributed by atoms with E-state index < -0.39 is 17.6 Å². The Morgan fingerprint density at radius 1 is 1.17 bits per heavy atom. The molecule has 2 aromatic rings. The molecule has 0 unspecified atom stereocenters. The third kappa shape index (κ3) is 4.39. The molecule has 0 spiro atoms. The fourth-order valence-corrected chi connectivity index (χ4v) is 2.01. The molecule has 2 rings (SSSR count). The van der Waals surface area contributed by atoms with Crippen LogP contribution in [0.25, 0.3) is 0 Å². The second-order valence-electron chi connectivity index (χ2n) is 4.60. The zero-order valence-corrected chi connectivity index (χ0v) is 12.8. The van der Waals surface area contributed by atoms with Crippen molar-refractivity contribution >= 4 is 23.2 Å². The molecule has 0 fully saturated rings. The highest BCUT2D eigenvalue weighted by Gasteiger charge is 2.31. The molecular weight excluding hydrogens is 331 g/mol. The Labute approximate surface area is 136 Å². The van der Waals surface area contributed by atoms with E-state index in [-0.39, 0.29) is 23.6 Å². The molecule has 23 heavy (non-hydrogen) atoms. The van der Waals surface area contributed by atoms with Crippen LogP contribution in [-0.2, 0) is 6.18 Å². The van der Waals surface area contributed by atoms with Crippen LogP contribution in [0.1, 0.15) is 22.8 Å². The Kier molecular flexibility index (Phi) is 5.15. The van der Waals surface area contributed by atoms with Crippen molar-refractivity contribution in [1.29, 1.82) is 0 Å². The van der Waals surface area contributed by atoms with Crippen LogP contribution in [0.2, 0.25) is 5.02 Å². The monoisotopic (exact) mass is 343 g/mol. The Bertz CT molecular complexity index is 699. The maximum Gasteiger partial charge on any atom is 0.416 e. The number of ether oxygens (including phenoxy) is 1. The number of alkyl halides is 3. The number of hydrogen-bond donors (Lipinski definition) is 1. The van der Waals surface area contributed by atoms with E-state index in [4.69, 9.17) is 16.3 Å². The molecule has 0 aliphatic rings. The topological polar surface area (TPSA) is 38.3 Å². The number of halogens is 4. The maximum atomic E-state index is 12.8. The van der Waals surface area contributed by atoms with Gasteiger partial charge in [0.15, 0.2) is 0 Å². The van der Waals surface area contributed by atoms with Crippen LogP contribution in [0.3, 0.4) is 0 Å². The number of rotatable bonds is 4. The molecule has 1 amide bonds. The Morgan fingerprint density at radius 3 is 2.39 bits per heavy atom. The third-order valence-corrected chi connectivity index (χ3v) is 3.21. The molecule has 0 radical (unpaired) electrons. The average molecular weight is 344 g/mol. The second-order valence-corrected chi connectivity index (χ2v) is 5.04. The molecule has 122 valence electrons. The normalized spacial score (nSPS) is 11.2. The molecule has 2 aromatic carbocycles. The highest BCUT2D eigenvalue weighted by Crippen LogP contribution is 2.35. The summed E-state index contributed by atoms with van der Waals surface area (Å²) >= 11 is 5.74. The molecule has 0 heterocycles. The van der Waals surface area contributed by atoms with Gasteiger partial charge in [0.1, 0.15) is 5.75 Å². The molecule has 0 saturated carbocycles. The molecule has 3 nitrogen and oxygen atoms in total. The Balaban J connectivity index is 2.32. The molecule has 0 aliphatic heterocycles. The standard InChI is InChI=1S/C16H13ClF3NO2/c1-2-23-14-8-5-11(16(18,19)20)9-13(14)21-15(22)10-3-6-12(17)7-4-10/h3-9H,2H2,1H3,(H,21,22). The van der Waals surface area contributed by atoms with Crippen LogP contribution in [0.5, 0.6) is 5.75 Å². The summed E-state index contributed by atoms with van der Waals surface area (Å²) in [5.74, 6) is -0.384. The second kappa shape index (κ2) is 6.91. The van der Waals surface area contributed by atoms with Gasteiger partial charge < -0.3 is 10.1 Å². The molecule has 0 atom stereocenters. The SMILES string of the molecule is CCOc1ccc(C(F)(F)F)cc1NC(=O)c1ccc(Cl)cc1. The lowest BCUT2D eigenvalue weighted by molar-refractivity contribution is -0.137. The van der Waals surface area contributed by atoms with Crippen LogP contribution in [0.15, 0.2) is 42.5 Å². The summed E-state index contributed by atoms with van der Waals surface area (Å²) in [6.07, 6.45) is -4.51. The lowest BCUT2D eigenvalue weighted by Crippen LogP contribution is -2.14. The summed E-state index contributed by atoms with van der Waals surface area (Å²) in [7, 11) is 0. The Morgan fingerprint density at radius 2 is 1.83 bits per heavy atom. The maximum absolute atomic E-state index is 12.8. The van der Waals surface area contributed by atoms with Gasteiger partial charge in [-0.2, -0.15) is 13.2 Å². The van der Waals surface area contributed by atoms with Crippen molar-refractivity contribution in [2.45, 2.75) is 13.1 Å². The summed E-state index contributed by atoms with van der Waals surface area (Å²) in [6.45, 7) is 1.96. The number of nitrogens with one attached hydrogen (secondary N) is 1. The lowest BCUT2D eigenvalue weighted by Gasteiger charge is -2.14. The van der Waals surface area contributed by atoms with Crippen LogP contribution >= 0.6 is 11.6 Å². The first-order chi connectivity index (χ1) is 10.8. The number of benzene rings is 2. The minimum absolute atomic E-state index is 0.0402. The Hall–Kier alpha value is -2.21. The minimum atomic E-state index is -4.51. The number of anilines is 1. The van der Waals surface area contributed by atoms with Crippen molar-refractivity contribution in [1.82, 2.24) is 0 Å². The zero-order chi connectivity index (χ0) is 17.0. The van der Waals surface area contributed by atoms with E-state index in [9.17, 15) is 18.0 Å². The van der Waals surface area contributed by atoms with Crippen LogP contribution < -0.4 is 10.1 Å². The smallest absolute Gasteiger partial charge is 0.416 e. The molecular formula is C16H13ClF3NO2. The average Bonchev–Trinajstić information content (AvgIpc) is 2.48. The van der Waals surface area contributed by atoms with E-state index in [2.05, 4.69) is 5.32 Å². The van der Waals surface area contributed by atoms with E-state index in [0.29, 0.717) is 5.02 Å². The van der Waals surface area contributed by atoms with Gasteiger partial charge in [0.05, 0.1) is 17.9 Å². The molecule has 0 bridgehead atoms. The molecule has 1 N–H and O–H groups in total. The van der Waals surface area contributed by atoms with E-state index in [0.717, 1.165) is 12.1 Å². The minimum Gasteiger partial charge on any atom is -0.492 e. The van der Waals surface area contributed by atoms with Crippen molar-refractivity contribution < 1.29 is 22.7 Å². The van der Waals surface area contributed by atoms with Gasteiger partial charge in [-0.1, -0.05) is 11.6 Å². The van der Waals surface area contributed by atoms with Gasteiger partial charge in [0.25, 0.3) is 5.91 Å². The largest absolute Gasteiger partial charge is 0.492 e. The first-order valence-corrected chi connectivity index (χ1v) is 7.10. The predicted octanol–water partition coefficient (Wildman–Crippen LogP) is 5.01. The first kappa shape index (κ1) is 17.1. The van der Waals surface area contributed by atoms with Crippen molar-refractivity contribution in [2.75, 3.05) is 11.9 Å². The lowest BCUT2D eigenvalue weighted by atomic mass is 10.1. The van der Waals surface area contributed by atoms with E-state index in [1.54, 1.807) is 6.92 Å². The fourth-order valence-electron chi connectivity index (χ4n) is 1.88.